The van der Waals surface area contributed by atoms with Crippen molar-refractivity contribution in [2.45, 2.75) is 31.0 Å². The van der Waals surface area contributed by atoms with Gasteiger partial charge in [0, 0.05) is 29.3 Å². The second kappa shape index (κ2) is 9.99. The topological polar surface area (TPSA) is 52.8 Å². The maximum absolute atomic E-state index is 13.3. The molecule has 2 heterocycles. The number of thioether (sulfide) groups is 1. The van der Waals surface area contributed by atoms with Crippen molar-refractivity contribution in [1.29, 1.82) is 0 Å². The summed E-state index contributed by atoms with van der Waals surface area (Å²) in [5.41, 5.74) is 1.89. The molecule has 0 fully saturated rings. The average Bonchev–Trinajstić information content (AvgIpc) is 3.40. The fourth-order valence-electron chi connectivity index (χ4n) is 2.83. The molecule has 160 valence electrons. The normalized spacial score (nSPS) is 11.1. The Hall–Kier alpha value is -2.13. The summed E-state index contributed by atoms with van der Waals surface area (Å²) >= 11 is 15.2. The highest BCUT2D eigenvalue weighted by atomic mass is 35.5. The van der Waals surface area contributed by atoms with Crippen LogP contribution in [0.15, 0.2) is 53.0 Å². The Balaban J connectivity index is 1.41. The summed E-state index contributed by atoms with van der Waals surface area (Å²) in [5, 5.41) is 12.9. The van der Waals surface area contributed by atoms with Crippen LogP contribution in [-0.4, -0.2) is 19.7 Å². The molecular weight excluding hydrogens is 478 g/mol. The van der Waals surface area contributed by atoms with Gasteiger partial charge < -0.3 is 9.30 Å². The molecule has 2 aromatic carbocycles. The minimum Gasteiger partial charge on any atom is -0.486 e. The molecule has 0 bridgehead atoms. The van der Waals surface area contributed by atoms with Crippen molar-refractivity contribution in [3.8, 4) is 16.3 Å². The van der Waals surface area contributed by atoms with E-state index in [1.165, 1.54) is 18.2 Å². The monoisotopic (exact) mass is 494 g/mol. The zero-order chi connectivity index (χ0) is 21.8. The van der Waals surface area contributed by atoms with Gasteiger partial charge in [-0.25, -0.2) is 9.37 Å². The van der Waals surface area contributed by atoms with Crippen molar-refractivity contribution in [3.05, 3.63) is 75.2 Å². The first-order valence-electron chi connectivity index (χ1n) is 9.37. The molecule has 4 rings (SSSR count). The number of benzene rings is 2. The van der Waals surface area contributed by atoms with E-state index in [9.17, 15) is 4.39 Å². The lowest BCUT2D eigenvalue weighted by Crippen LogP contribution is -2.07. The standard InChI is InChI=1S/C21H17Cl2FN4OS2/c1-2-28-19(10-29-14-7-8-18(24)17(23)9-14)26-27-21(28)31-12-13-11-30-20(25-13)15-5-3-4-6-16(15)22/h3-9,11H,2,10,12H2,1H3. The van der Waals surface area contributed by atoms with Crippen LogP contribution in [0.4, 0.5) is 4.39 Å². The van der Waals surface area contributed by atoms with E-state index in [0.29, 0.717) is 28.9 Å². The van der Waals surface area contributed by atoms with E-state index in [4.69, 9.17) is 32.9 Å². The first-order chi connectivity index (χ1) is 15.0. The highest BCUT2D eigenvalue weighted by molar-refractivity contribution is 7.98. The summed E-state index contributed by atoms with van der Waals surface area (Å²) in [6, 6.07) is 11.9. The fourth-order valence-corrected chi connectivity index (χ4v) is 5.16. The predicted octanol–water partition coefficient (Wildman–Crippen LogP) is 6.74. The van der Waals surface area contributed by atoms with E-state index in [1.54, 1.807) is 23.1 Å². The SMILES string of the molecule is CCn1c(COc2ccc(F)c(Cl)c2)nnc1SCc1csc(-c2ccccc2Cl)n1. The second-order valence-electron chi connectivity index (χ2n) is 6.42. The van der Waals surface area contributed by atoms with E-state index in [2.05, 4.69) is 10.2 Å². The zero-order valence-electron chi connectivity index (χ0n) is 16.4. The van der Waals surface area contributed by atoms with Gasteiger partial charge in [-0.05, 0) is 25.1 Å². The van der Waals surface area contributed by atoms with Crippen molar-refractivity contribution < 1.29 is 9.13 Å². The third-order valence-electron chi connectivity index (χ3n) is 4.37. The van der Waals surface area contributed by atoms with Crippen LogP contribution in [-0.2, 0) is 18.9 Å². The molecule has 4 aromatic rings. The summed E-state index contributed by atoms with van der Waals surface area (Å²) in [5.74, 6) is 1.33. The highest BCUT2D eigenvalue weighted by Gasteiger charge is 2.14. The average molecular weight is 495 g/mol. The Kier molecular flexibility index (Phi) is 7.12. The molecule has 31 heavy (non-hydrogen) atoms. The number of halogens is 3. The van der Waals surface area contributed by atoms with Crippen LogP contribution < -0.4 is 4.74 Å². The van der Waals surface area contributed by atoms with E-state index >= 15 is 0 Å². The number of thiazole rings is 1. The van der Waals surface area contributed by atoms with Gasteiger partial charge in [0.2, 0.25) is 0 Å². The van der Waals surface area contributed by atoms with Gasteiger partial charge in [-0.2, -0.15) is 0 Å². The summed E-state index contributed by atoms with van der Waals surface area (Å²) < 4.78 is 21.0. The summed E-state index contributed by atoms with van der Waals surface area (Å²) in [6.45, 7) is 2.92. The van der Waals surface area contributed by atoms with Crippen molar-refractivity contribution in [2.24, 2.45) is 0 Å². The molecule has 10 heteroatoms. The first kappa shape index (κ1) is 22.1. The van der Waals surface area contributed by atoms with E-state index in [-0.39, 0.29) is 11.6 Å². The molecule has 0 atom stereocenters. The van der Waals surface area contributed by atoms with Crippen LogP contribution in [0, 0.1) is 5.82 Å². The second-order valence-corrected chi connectivity index (χ2v) is 9.04. The minimum atomic E-state index is -0.482. The van der Waals surface area contributed by atoms with Crippen LogP contribution >= 0.6 is 46.3 Å². The number of rotatable bonds is 8. The molecule has 5 nitrogen and oxygen atoms in total. The lowest BCUT2D eigenvalue weighted by atomic mass is 10.2. The maximum atomic E-state index is 13.3. The molecule has 0 aliphatic rings. The van der Waals surface area contributed by atoms with Crippen LogP contribution in [0.25, 0.3) is 10.6 Å². The van der Waals surface area contributed by atoms with E-state index in [1.807, 2.05) is 41.1 Å². The van der Waals surface area contributed by atoms with Gasteiger partial charge >= 0.3 is 0 Å². The summed E-state index contributed by atoms with van der Waals surface area (Å²) in [7, 11) is 0. The molecule has 2 aromatic heterocycles. The molecule has 0 radical (unpaired) electrons. The number of hydrogen-bond acceptors (Lipinski definition) is 6. The highest BCUT2D eigenvalue weighted by Crippen LogP contribution is 2.32. The number of nitrogens with zero attached hydrogens (tertiary/aromatic N) is 4. The van der Waals surface area contributed by atoms with Crippen molar-refractivity contribution >= 4 is 46.3 Å². The third-order valence-corrected chi connectivity index (χ3v) is 6.92. The number of ether oxygens (including phenoxy) is 1. The van der Waals surface area contributed by atoms with Crippen molar-refractivity contribution in [3.63, 3.8) is 0 Å². The van der Waals surface area contributed by atoms with Crippen LogP contribution in [0.5, 0.6) is 5.75 Å². The Morgan fingerprint density at radius 2 is 1.97 bits per heavy atom. The largest absolute Gasteiger partial charge is 0.486 e. The maximum Gasteiger partial charge on any atom is 0.191 e. The van der Waals surface area contributed by atoms with Gasteiger partial charge in [0.15, 0.2) is 11.0 Å². The quantitative estimate of drug-likeness (QED) is 0.254. The lowest BCUT2D eigenvalue weighted by Gasteiger charge is -2.09. The molecular formula is C21H17Cl2FN4OS2. The van der Waals surface area contributed by atoms with Crippen LogP contribution in [0.2, 0.25) is 10.0 Å². The van der Waals surface area contributed by atoms with Gasteiger partial charge in [-0.15, -0.1) is 21.5 Å². The zero-order valence-corrected chi connectivity index (χ0v) is 19.5. The van der Waals surface area contributed by atoms with Gasteiger partial charge in [-0.1, -0.05) is 53.2 Å². The minimum absolute atomic E-state index is 0.0186. The molecule has 0 aliphatic carbocycles. The van der Waals surface area contributed by atoms with Crippen LogP contribution in [0.1, 0.15) is 18.4 Å². The Bertz CT molecular complexity index is 1200. The first-order valence-corrected chi connectivity index (χ1v) is 12.0. The molecule has 0 aliphatic heterocycles. The molecule has 0 spiro atoms. The summed E-state index contributed by atoms with van der Waals surface area (Å²) in [4.78, 5) is 4.70. The molecule has 0 N–H and O–H groups in total. The smallest absolute Gasteiger partial charge is 0.191 e. The Morgan fingerprint density at radius 3 is 2.74 bits per heavy atom. The van der Waals surface area contributed by atoms with Crippen LogP contribution in [0.3, 0.4) is 0 Å². The fraction of sp³-hybridized carbons (Fsp3) is 0.190. The number of aromatic nitrogens is 4. The van der Waals surface area contributed by atoms with Gasteiger partial charge in [-0.3, -0.25) is 0 Å². The third kappa shape index (κ3) is 5.20. The van der Waals surface area contributed by atoms with Gasteiger partial charge in [0.1, 0.15) is 23.2 Å². The van der Waals surface area contributed by atoms with Gasteiger partial charge in [0.05, 0.1) is 15.7 Å². The lowest BCUT2D eigenvalue weighted by molar-refractivity contribution is 0.288. The molecule has 0 unspecified atom stereocenters. The molecule has 0 amide bonds. The van der Waals surface area contributed by atoms with Gasteiger partial charge in [0.25, 0.3) is 0 Å². The molecule has 0 saturated heterocycles. The Labute approximate surface area is 197 Å². The van der Waals surface area contributed by atoms with Crippen molar-refractivity contribution in [2.75, 3.05) is 0 Å². The molecule has 0 saturated carbocycles. The van der Waals surface area contributed by atoms with Crippen molar-refractivity contribution in [1.82, 2.24) is 19.7 Å². The van der Waals surface area contributed by atoms with E-state index < -0.39 is 5.82 Å². The van der Waals surface area contributed by atoms with E-state index in [0.717, 1.165) is 21.4 Å². The predicted molar refractivity (Wildman–Crippen MR) is 124 cm³/mol. The summed E-state index contributed by atoms with van der Waals surface area (Å²) in [6.07, 6.45) is 0. The Morgan fingerprint density at radius 1 is 1.13 bits per heavy atom. The number of hydrogen-bond donors (Lipinski definition) is 0.